The SMILES string of the molecule is CCCN1CCC(NC(=O)C(C)NC(=O)/C=C/c2ccccc2)CC1. The molecule has 0 bridgehead atoms. The van der Waals surface area contributed by atoms with Gasteiger partial charge in [-0.15, -0.1) is 0 Å². The van der Waals surface area contributed by atoms with E-state index in [1.165, 1.54) is 6.08 Å². The number of carbonyl (C=O) groups excluding carboxylic acids is 2. The van der Waals surface area contributed by atoms with Crippen LogP contribution in [0.1, 0.15) is 38.7 Å². The van der Waals surface area contributed by atoms with Crippen molar-refractivity contribution in [2.75, 3.05) is 19.6 Å². The summed E-state index contributed by atoms with van der Waals surface area (Å²) in [7, 11) is 0. The maximum atomic E-state index is 12.3. The summed E-state index contributed by atoms with van der Waals surface area (Å²) in [6.07, 6.45) is 6.31. The summed E-state index contributed by atoms with van der Waals surface area (Å²) in [5, 5.41) is 5.78. The van der Waals surface area contributed by atoms with Gasteiger partial charge in [0.1, 0.15) is 6.04 Å². The van der Waals surface area contributed by atoms with Gasteiger partial charge in [0.15, 0.2) is 0 Å². The van der Waals surface area contributed by atoms with Gasteiger partial charge in [-0.05, 0) is 44.4 Å². The maximum Gasteiger partial charge on any atom is 0.244 e. The van der Waals surface area contributed by atoms with E-state index in [-0.39, 0.29) is 17.9 Å². The molecule has 1 aliphatic heterocycles. The van der Waals surface area contributed by atoms with Crippen molar-refractivity contribution in [3.05, 3.63) is 42.0 Å². The molecule has 1 atom stereocenters. The molecule has 0 aromatic heterocycles. The first-order chi connectivity index (χ1) is 12.1. The summed E-state index contributed by atoms with van der Waals surface area (Å²) < 4.78 is 0. The molecule has 2 rings (SSSR count). The van der Waals surface area contributed by atoms with Crippen LogP contribution >= 0.6 is 0 Å². The minimum atomic E-state index is -0.540. The number of carbonyl (C=O) groups is 2. The number of benzene rings is 1. The maximum absolute atomic E-state index is 12.3. The van der Waals surface area contributed by atoms with Crippen LogP contribution in [0.25, 0.3) is 6.08 Å². The van der Waals surface area contributed by atoms with Crippen LogP contribution in [0.4, 0.5) is 0 Å². The van der Waals surface area contributed by atoms with E-state index in [1.54, 1.807) is 13.0 Å². The fourth-order valence-electron chi connectivity index (χ4n) is 3.01. The Morgan fingerprint density at radius 2 is 1.92 bits per heavy atom. The van der Waals surface area contributed by atoms with E-state index in [4.69, 9.17) is 0 Å². The molecule has 0 saturated carbocycles. The van der Waals surface area contributed by atoms with Crippen molar-refractivity contribution in [3.63, 3.8) is 0 Å². The van der Waals surface area contributed by atoms with Crippen molar-refractivity contribution in [2.45, 2.75) is 45.2 Å². The van der Waals surface area contributed by atoms with Crippen LogP contribution in [0, 0.1) is 0 Å². The first-order valence-corrected chi connectivity index (χ1v) is 9.15. The molecule has 136 valence electrons. The van der Waals surface area contributed by atoms with E-state index in [0.717, 1.165) is 44.5 Å². The molecular weight excluding hydrogens is 314 g/mol. The second-order valence-corrected chi connectivity index (χ2v) is 6.60. The van der Waals surface area contributed by atoms with Crippen LogP contribution in [0.15, 0.2) is 36.4 Å². The number of hydrogen-bond donors (Lipinski definition) is 2. The summed E-state index contributed by atoms with van der Waals surface area (Å²) in [6, 6.07) is 9.27. The number of rotatable bonds is 7. The highest BCUT2D eigenvalue weighted by Gasteiger charge is 2.22. The number of nitrogens with one attached hydrogen (secondary N) is 2. The molecule has 2 amide bonds. The van der Waals surface area contributed by atoms with E-state index in [1.807, 2.05) is 30.3 Å². The molecule has 1 saturated heterocycles. The van der Waals surface area contributed by atoms with Gasteiger partial charge in [-0.3, -0.25) is 9.59 Å². The first-order valence-electron chi connectivity index (χ1n) is 9.15. The Morgan fingerprint density at radius 3 is 2.56 bits per heavy atom. The van der Waals surface area contributed by atoms with Crippen molar-refractivity contribution in [1.82, 2.24) is 15.5 Å². The quantitative estimate of drug-likeness (QED) is 0.746. The Morgan fingerprint density at radius 1 is 1.24 bits per heavy atom. The Labute approximate surface area is 150 Å². The standard InChI is InChI=1S/C20H29N3O2/c1-3-13-23-14-11-18(12-15-23)22-20(25)16(2)21-19(24)10-9-17-7-5-4-6-8-17/h4-10,16,18H,3,11-15H2,1-2H3,(H,21,24)(H,22,25)/b10-9+. The van der Waals surface area contributed by atoms with Gasteiger partial charge in [-0.1, -0.05) is 37.3 Å². The second-order valence-electron chi connectivity index (χ2n) is 6.60. The van der Waals surface area contributed by atoms with Gasteiger partial charge < -0.3 is 15.5 Å². The average Bonchev–Trinajstić information content (AvgIpc) is 2.62. The van der Waals surface area contributed by atoms with Crippen molar-refractivity contribution < 1.29 is 9.59 Å². The average molecular weight is 343 g/mol. The zero-order valence-electron chi connectivity index (χ0n) is 15.2. The highest BCUT2D eigenvalue weighted by Crippen LogP contribution is 2.10. The summed E-state index contributed by atoms with van der Waals surface area (Å²) in [4.78, 5) is 26.7. The number of amides is 2. The third-order valence-electron chi connectivity index (χ3n) is 4.45. The van der Waals surface area contributed by atoms with Crippen molar-refractivity contribution in [3.8, 4) is 0 Å². The molecule has 1 unspecified atom stereocenters. The van der Waals surface area contributed by atoms with Crippen LogP contribution in [0.3, 0.4) is 0 Å². The molecule has 1 aliphatic rings. The zero-order valence-corrected chi connectivity index (χ0v) is 15.2. The molecule has 2 N–H and O–H groups in total. The van der Waals surface area contributed by atoms with E-state index in [9.17, 15) is 9.59 Å². The lowest BCUT2D eigenvalue weighted by molar-refractivity contribution is -0.127. The van der Waals surface area contributed by atoms with Gasteiger partial charge >= 0.3 is 0 Å². The van der Waals surface area contributed by atoms with Gasteiger partial charge in [0.25, 0.3) is 0 Å². The Bertz CT molecular complexity index is 578. The number of likely N-dealkylation sites (tertiary alicyclic amines) is 1. The van der Waals surface area contributed by atoms with Crippen molar-refractivity contribution in [2.24, 2.45) is 0 Å². The van der Waals surface area contributed by atoms with Crippen LogP contribution in [-0.2, 0) is 9.59 Å². The predicted molar refractivity (Wildman–Crippen MR) is 101 cm³/mol. The molecule has 0 aliphatic carbocycles. The van der Waals surface area contributed by atoms with E-state index in [0.29, 0.717) is 0 Å². The topological polar surface area (TPSA) is 61.4 Å². The second kappa shape index (κ2) is 9.99. The van der Waals surface area contributed by atoms with Crippen LogP contribution < -0.4 is 10.6 Å². The molecule has 0 spiro atoms. The monoisotopic (exact) mass is 343 g/mol. The zero-order chi connectivity index (χ0) is 18.1. The van der Waals surface area contributed by atoms with E-state index >= 15 is 0 Å². The summed E-state index contributed by atoms with van der Waals surface area (Å²) >= 11 is 0. The minimum absolute atomic E-state index is 0.115. The fraction of sp³-hybridized carbons (Fsp3) is 0.500. The van der Waals surface area contributed by atoms with Crippen LogP contribution in [0.5, 0.6) is 0 Å². The molecule has 5 heteroatoms. The molecule has 25 heavy (non-hydrogen) atoms. The van der Waals surface area contributed by atoms with Gasteiger partial charge in [0.2, 0.25) is 11.8 Å². The van der Waals surface area contributed by atoms with Gasteiger partial charge in [0, 0.05) is 25.2 Å². The summed E-state index contributed by atoms with van der Waals surface area (Å²) in [5.41, 5.74) is 0.952. The highest BCUT2D eigenvalue weighted by molar-refractivity contribution is 5.95. The molecular formula is C20H29N3O2. The molecule has 1 aromatic rings. The highest BCUT2D eigenvalue weighted by atomic mass is 16.2. The summed E-state index contributed by atoms with van der Waals surface area (Å²) in [5.74, 6) is -0.375. The van der Waals surface area contributed by atoms with Crippen LogP contribution in [0.2, 0.25) is 0 Å². The Kier molecular flexibility index (Phi) is 7.67. The fourth-order valence-corrected chi connectivity index (χ4v) is 3.01. The molecule has 5 nitrogen and oxygen atoms in total. The predicted octanol–water partition coefficient (Wildman–Crippen LogP) is 2.20. The van der Waals surface area contributed by atoms with Gasteiger partial charge in [0.05, 0.1) is 0 Å². The Balaban J connectivity index is 1.73. The normalized spacial score (nSPS) is 17.4. The number of hydrogen-bond acceptors (Lipinski definition) is 3. The Hall–Kier alpha value is -2.14. The number of piperidine rings is 1. The minimum Gasteiger partial charge on any atom is -0.351 e. The molecule has 1 aromatic carbocycles. The lowest BCUT2D eigenvalue weighted by atomic mass is 10.0. The third-order valence-corrected chi connectivity index (χ3v) is 4.45. The largest absolute Gasteiger partial charge is 0.351 e. The smallest absolute Gasteiger partial charge is 0.244 e. The number of nitrogens with zero attached hydrogens (tertiary/aromatic N) is 1. The van der Waals surface area contributed by atoms with Crippen molar-refractivity contribution >= 4 is 17.9 Å². The lowest BCUT2D eigenvalue weighted by Crippen LogP contribution is -2.50. The molecule has 0 radical (unpaired) electrons. The third kappa shape index (κ3) is 6.70. The van der Waals surface area contributed by atoms with Crippen LogP contribution in [-0.4, -0.2) is 48.4 Å². The molecule has 1 heterocycles. The summed E-state index contributed by atoms with van der Waals surface area (Å²) in [6.45, 7) is 7.08. The van der Waals surface area contributed by atoms with E-state index in [2.05, 4.69) is 22.5 Å². The lowest BCUT2D eigenvalue weighted by Gasteiger charge is -2.32. The van der Waals surface area contributed by atoms with Crippen molar-refractivity contribution in [1.29, 1.82) is 0 Å². The van der Waals surface area contributed by atoms with Gasteiger partial charge in [-0.2, -0.15) is 0 Å². The van der Waals surface area contributed by atoms with Gasteiger partial charge in [-0.25, -0.2) is 0 Å². The first kappa shape index (κ1) is 19.2. The van der Waals surface area contributed by atoms with E-state index < -0.39 is 6.04 Å². The molecule has 1 fully saturated rings.